The number of hydrogen-bond acceptors (Lipinski definition) is 7. The number of benzene rings is 1. The van der Waals surface area contributed by atoms with Crippen molar-refractivity contribution in [2.75, 3.05) is 25.0 Å². The predicted octanol–water partition coefficient (Wildman–Crippen LogP) is 3.02. The average Bonchev–Trinajstić information content (AvgIpc) is 3.40. The molecule has 4 rings (SSSR count). The van der Waals surface area contributed by atoms with Crippen LogP contribution in [-0.2, 0) is 11.3 Å². The SMILES string of the molecule is CN(CC(=O)NCCn1nc(-c2ccco2)ccc1=O)c1nc2c(Cl)cccc2s1. The Hall–Kier alpha value is -3.17. The smallest absolute Gasteiger partial charge is 0.266 e. The Morgan fingerprint density at radius 2 is 2.13 bits per heavy atom. The summed E-state index contributed by atoms with van der Waals surface area (Å²) >= 11 is 7.64. The first kappa shape index (κ1) is 20.1. The maximum Gasteiger partial charge on any atom is 0.266 e. The number of para-hydroxylation sites is 1. The Morgan fingerprint density at radius 3 is 2.90 bits per heavy atom. The van der Waals surface area contributed by atoms with Gasteiger partial charge in [0.05, 0.1) is 29.1 Å². The molecule has 0 aliphatic rings. The number of likely N-dealkylation sites (N-methyl/N-ethyl adjacent to an activating group) is 1. The number of aromatic nitrogens is 3. The highest BCUT2D eigenvalue weighted by atomic mass is 35.5. The molecule has 0 saturated heterocycles. The number of carbonyl (C=O) groups is 1. The van der Waals surface area contributed by atoms with Crippen molar-refractivity contribution in [1.82, 2.24) is 20.1 Å². The van der Waals surface area contributed by atoms with Crippen LogP contribution >= 0.6 is 22.9 Å². The van der Waals surface area contributed by atoms with Crippen molar-refractivity contribution in [3.63, 3.8) is 0 Å². The maximum absolute atomic E-state index is 12.3. The van der Waals surface area contributed by atoms with E-state index >= 15 is 0 Å². The summed E-state index contributed by atoms with van der Waals surface area (Å²) in [6.07, 6.45) is 1.54. The van der Waals surface area contributed by atoms with Crippen molar-refractivity contribution in [2.24, 2.45) is 0 Å². The van der Waals surface area contributed by atoms with Gasteiger partial charge in [0.15, 0.2) is 10.9 Å². The second-order valence-corrected chi connectivity index (χ2v) is 7.96. The Balaban J connectivity index is 1.34. The van der Waals surface area contributed by atoms with Gasteiger partial charge in [-0.3, -0.25) is 9.59 Å². The summed E-state index contributed by atoms with van der Waals surface area (Å²) in [6.45, 7) is 0.651. The summed E-state index contributed by atoms with van der Waals surface area (Å²) in [6, 6.07) is 12.2. The third-order valence-electron chi connectivity index (χ3n) is 4.35. The van der Waals surface area contributed by atoms with E-state index in [0.29, 0.717) is 21.6 Å². The summed E-state index contributed by atoms with van der Waals surface area (Å²) < 4.78 is 7.57. The Kier molecular flexibility index (Phi) is 5.82. The minimum absolute atomic E-state index is 0.131. The molecule has 154 valence electrons. The lowest BCUT2D eigenvalue weighted by Gasteiger charge is -2.15. The number of anilines is 1. The topological polar surface area (TPSA) is 93.3 Å². The number of thiazole rings is 1. The summed E-state index contributed by atoms with van der Waals surface area (Å²) in [4.78, 5) is 30.6. The number of furan rings is 1. The molecule has 0 aliphatic carbocycles. The standard InChI is InChI=1S/C20H18ClN5O3S/c1-25(20-23-19-13(21)4-2-6-16(19)30-20)12-17(27)22-9-10-26-18(28)8-7-14(24-26)15-5-3-11-29-15/h2-8,11H,9-10,12H2,1H3,(H,22,27). The molecule has 1 aromatic carbocycles. The van der Waals surface area contributed by atoms with Crippen LogP contribution in [0, 0.1) is 0 Å². The number of fused-ring (bicyclic) bond motifs is 1. The number of carbonyl (C=O) groups excluding carboxylic acids is 1. The van der Waals surface area contributed by atoms with E-state index in [9.17, 15) is 9.59 Å². The van der Waals surface area contributed by atoms with Gasteiger partial charge in [-0.2, -0.15) is 5.10 Å². The highest BCUT2D eigenvalue weighted by Gasteiger charge is 2.13. The van der Waals surface area contributed by atoms with Gasteiger partial charge in [-0.25, -0.2) is 9.67 Å². The lowest BCUT2D eigenvalue weighted by Crippen LogP contribution is -2.38. The molecular weight excluding hydrogens is 426 g/mol. The molecule has 0 aliphatic heterocycles. The largest absolute Gasteiger partial charge is 0.463 e. The van der Waals surface area contributed by atoms with Gasteiger partial charge in [0.1, 0.15) is 11.2 Å². The van der Waals surface area contributed by atoms with Crippen LogP contribution in [0.15, 0.2) is 57.9 Å². The van der Waals surface area contributed by atoms with Gasteiger partial charge in [0, 0.05) is 19.7 Å². The van der Waals surface area contributed by atoms with Crippen molar-refractivity contribution in [3.8, 4) is 11.5 Å². The molecule has 0 spiro atoms. The zero-order chi connectivity index (χ0) is 21.1. The molecule has 3 heterocycles. The number of rotatable bonds is 7. The summed E-state index contributed by atoms with van der Waals surface area (Å²) in [5.74, 6) is 0.392. The molecule has 1 amide bonds. The molecule has 30 heavy (non-hydrogen) atoms. The van der Waals surface area contributed by atoms with Crippen LogP contribution in [0.2, 0.25) is 5.02 Å². The van der Waals surface area contributed by atoms with Crippen LogP contribution in [0.5, 0.6) is 0 Å². The number of amides is 1. The predicted molar refractivity (Wildman–Crippen MR) is 117 cm³/mol. The molecule has 0 bridgehead atoms. The van der Waals surface area contributed by atoms with Crippen LogP contribution < -0.4 is 15.8 Å². The van der Waals surface area contributed by atoms with Gasteiger partial charge >= 0.3 is 0 Å². The van der Waals surface area contributed by atoms with E-state index in [0.717, 1.165) is 10.2 Å². The second-order valence-electron chi connectivity index (χ2n) is 6.55. The lowest BCUT2D eigenvalue weighted by molar-refractivity contribution is -0.119. The molecular formula is C20H18ClN5O3S. The molecule has 0 saturated carbocycles. The first-order valence-corrected chi connectivity index (χ1v) is 10.4. The van der Waals surface area contributed by atoms with Crippen molar-refractivity contribution in [1.29, 1.82) is 0 Å². The molecule has 1 N–H and O–H groups in total. The Bertz CT molecular complexity index is 1230. The quantitative estimate of drug-likeness (QED) is 0.472. The monoisotopic (exact) mass is 443 g/mol. The lowest BCUT2D eigenvalue weighted by atomic mass is 10.3. The fourth-order valence-corrected chi connectivity index (χ4v) is 4.10. The number of nitrogens with zero attached hydrogens (tertiary/aromatic N) is 4. The van der Waals surface area contributed by atoms with E-state index in [1.54, 1.807) is 42.5 Å². The first-order chi connectivity index (χ1) is 14.5. The maximum atomic E-state index is 12.3. The van der Waals surface area contributed by atoms with Gasteiger partial charge in [-0.05, 0) is 30.3 Å². The number of hydrogen-bond donors (Lipinski definition) is 1. The second kappa shape index (κ2) is 8.68. The fourth-order valence-electron chi connectivity index (χ4n) is 2.87. The number of halogens is 1. The van der Waals surface area contributed by atoms with Gasteiger partial charge in [-0.1, -0.05) is 29.0 Å². The van der Waals surface area contributed by atoms with Gasteiger partial charge in [-0.15, -0.1) is 0 Å². The minimum atomic E-state index is -0.247. The van der Waals surface area contributed by atoms with E-state index in [1.165, 1.54) is 22.1 Å². The molecule has 0 unspecified atom stereocenters. The number of nitrogens with one attached hydrogen (secondary N) is 1. The molecule has 4 aromatic rings. The zero-order valence-electron chi connectivity index (χ0n) is 16.0. The van der Waals surface area contributed by atoms with Crippen LogP contribution in [0.4, 0.5) is 5.13 Å². The van der Waals surface area contributed by atoms with Gasteiger partial charge in [0.2, 0.25) is 5.91 Å². The van der Waals surface area contributed by atoms with Gasteiger partial charge < -0.3 is 14.6 Å². The minimum Gasteiger partial charge on any atom is -0.463 e. The Morgan fingerprint density at radius 1 is 1.27 bits per heavy atom. The molecule has 3 aromatic heterocycles. The van der Waals surface area contributed by atoms with Crippen molar-refractivity contribution in [3.05, 3.63) is 64.1 Å². The zero-order valence-corrected chi connectivity index (χ0v) is 17.6. The molecule has 0 fully saturated rings. The van der Waals surface area contributed by atoms with Gasteiger partial charge in [0.25, 0.3) is 5.56 Å². The molecule has 10 heteroatoms. The van der Waals surface area contributed by atoms with Crippen LogP contribution in [0.3, 0.4) is 0 Å². The summed E-state index contributed by atoms with van der Waals surface area (Å²) in [5, 5.41) is 8.38. The molecule has 8 nitrogen and oxygen atoms in total. The van der Waals surface area contributed by atoms with Crippen molar-refractivity contribution >= 4 is 44.2 Å². The summed E-state index contributed by atoms with van der Waals surface area (Å²) in [5.41, 5.74) is 1.04. The highest BCUT2D eigenvalue weighted by molar-refractivity contribution is 7.22. The first-order valence-electron chi connectivity index (χ1n) is 9.16. The van der Waals surface area contributed by atoms with E-state index in [4.69, 9.17) is 16.0 Å². The fraction of sp³-hybridized carbons (Fsp3) is 0.200. The van der Waals surface area contributed by atoms with Crippen LogP contribution in [0.25, 0.3) is 21.7 Å². The molecule has 0 radical (unpaired) electrons. The van der Waals surface area contributed by atoms with E-state index in [1.807, 2.05) is 12.1 Å². The molecule has 0 atom stereocenters. The third-order valence-corrected chi connectivity index (χ3v) is 5.79. The van der Waals surface area contributed by atoms with E-state index in [2.05, 4.69) is 15.4 Å². The average molecular weight is 444 g/mol. The van der Waals surface area contributed by atoms with E-state index < -0.39 is 0 Å². The van der Waals surface area contributed by atoms with E-state index in [-0.39, 0.29) is 31.1 Å². The highest BCUT2D eigenvalue weighted by Crippen LogP contribution is 2.32. The van der Waals surface area contributed by atoms with Crippen molar-refractivity contribution < 1.29 is 9.21 Å². The van der Waals surface area contributed by atoms with Crippen LogP contribution in [0.1, 0.15) is 0 Å². The van der Waals surface area contributed by atoms with Crippen molar-refractivity contribution in [2.45, 2.75) is 6.54 Å². The normalized spacial score (nSPS) is 11.0. The van der Waals surface area contributed by atoms with Crippen LogP contribution in [-0.4, -0.2) is 40.8 Å². The third kappa shape index (κ3) is 4.37. The Labute approximate surface area is 180 Å². The summed E-state index contributed by atoms with van der Waals surface area (Å²) in [7, 11) is 1.80.